The summed E-state index contributed by atoms with van der Waals surface area (Å²) in [5.41, 5.74) is -0.0742. The first-order valence-corrected chi connectivity index (χ1v) is 9.71. The van der Waals surface area contributed by atoms with Gasteiger partial charge in [-0.25, -0.2) is 0 Å². The van der Waals surface area contributed by atoms with Gasteiger partial charge in [-0.15, -0.1) is 0 Å². The van der Waals surface area contributed by atoms with Gasteiger partial charge in [0, 0.05) is 17.1 Å². The molecular formula is C19H23ClN3O4+. The minimum atomic E-state index is -1.28. The van der Waals surface area contributed by atoms with Crippen molar-refractivity contribution in [2.24, 2.45) is 11.8 Å². The number of carbonyl (C=O) groups is 3. The van der Waals surface area contributed by atoms with Crippen molar-refractivity contribution < 1.29 is 24.8 Å². The van der Waals surface area contributed by atoms with Gasteiger partial charge in [-0.1, -0.05) is 24.9 Å². The number of amides is 3. The van der Waals surface area contributed by atoms with Gasteiger partial charge in [-0.2, -0.15) is 0 Å². The smallest absolute Gasteiger partial charge is 0.291 e. The second-order valence-corrected chi connectivity index (χ2v) is 8.12. The number of nitrogens with zero attached hydrogens (tertiary/aromatic N) is 1. The average Bonchev–Trinajstić information content (AvgIpc) is 3.20. The van der Waals surface area contributed by atoms with E-state index in [4.69, 9.17) is 11.6 Å². The van der Waals surface area contributed by atoms with Crippen molar-refractivity contribution in [1.82, 2.24) is 4.90 Å². The normalized spacial score (nSPS) is 32.8. The average molecular weight is 393 g/mol. The molecule has 2 fully saturated rings. The standard InChI is InChI=1S/C19H22ClN3O4/c1-3-4-7-23-16(25)13-14(17(23)26)19(22-15(13)9(2)24)11-8-10(20)5-6-12(11)21-18(19)27/h5-6,8-9,13-15,22,24H,3-4,7H2,1-2H3,(H,21,27)/p+1/t9-,13+,14+,15+,19+/m1/s1. The summed E-state index contributed by atoms with van der Waals surface area (Å²) in [5, 5.41) is 15.3. The van der Waals surface area contributed by atoms with Gasteiger partial charge in [-0.05, 0) is 31.5 Å². The first kappa shape index (κ1) is 18.4. The molecule has 3 amide bonds. The number of nitrogens with two attached hydrogens (primary N) is 1. The molecule has 8 heteroatoms. The monoisotopic (exact) mass is 392 g/mol. The van der Waals surface area contributed by atoms with Crippen molar-refractivity contribution in [3.8, 4) is 0 Å². The van der Waals surface area contributed by atoms with Crippen LogP contribution in [0.4, 0.5) is 5.69 Å². The third kappa shape index (κ3) is 2.38. The van der Waals surface area contributed by atoms with Crippen LogP contribution in [0.5, 0.6) is 0 Å². The van der Waals surface area contributed by atoms with E-state index in [0.29, 0.717) is 29.2 Å². The fraction of sp³-hybridized carbons (Fsp3) is 0.526. The van der Waals surface area contributed by atoms with Crippen LogP contribution in [-0.4, -0.2) is 46.4 Å². The number of likely N-dealkylation sites (tertiary alicyclic amines) is 1. The third-order valence-corrected chi connectivity index (χ3v) is 6.38. The maximum atomic E-state index is 13.3. The number of quaternary nitrogens is 1. The number of aliphatic hydroxyl groups excluding tert-OH is 1. The van der Waals surface area contributed by atoms with Gasteiger partial charge >= 0.3 is 0 Å². The Balaban J connectivity index is 1.86. The number of fused-ring (bicyclic) bond motifs is 4. The zero-order chi connectivity index (χ0) is 19.5. The second-order valence-electron chi connectivity index (χ2n) is 7.68. The Labute approximate surface area is 162 Å². The molecule has 27 heavy (non-hydrogen) atoms. The molecule has 2 saturated heterocycles. The molecule has 0 bridgehead atoms. The molecule has 144 valence electrons. The summed E-state index contributed by atoms with van der Waals surface area (Å²) < 4.78 is 0. The van der Waals surface area contributed by atoms with Crippen LogP contribution in [0.25, 0.3) is 0 Å². The highest BCUT2D eigenvalue weighted by Crippen LogP contribution is 2.49. The highest BCUT2D eigenvalue weighted by molar-refractivity contribution is 6.31. The molecule has 4 rings (SSSR count). The van der Waals surface area contributed by atoms with E-state index in [1.54, 1.807) is 30.4 Å². The molecule has 0 saturated carbocycles. The number of anilines is 1. The molecule has 4 N–H and O–H groups in total. The van der Waals surface area contributed by atoms with Crippen LogP contribution in [0, 0.1) is 11.8 Å². The topological polar surface area (TPSA) is 103 Å². The van der Waals surface area contributed by atoms with Gasteiger partial charge in [-0.3, -0.25) is 19.3 Å². The lowest BCUT2D eigenvalue weighted by atomic mass is 9.76. The summed E-state index contributed by atoms with van der Waals surface area (Å²) in [5.74, 6) is -2.54. The predicted octanol–water partition coefficient (Wildman–Crippen LogP) is 0.215. The van der Waals surface area contributed by atoms with Crippen molar-refractivity contribution in [1.29, 1.82) is 0 Å². The Morgan fingerprint density at radius 1 is 1.33 bits per heavy atom. The van der Waals surface area contributed by atoms with Crippen LogP contribution in [0.1, 0.15) is 32.3 Å². The molecule has 1 aromatic rings. The van der Waals surface area contributed by atoms with E-state index >= 15 is 0 Å². The number of unbranched alkanes of at least 4 members (excludes halogenated alkanes) is 1. The molecule has 3 aliphatic rings. The Morgan fingerprint density at radius 2 is 2.07 bits per heavy atom. The Bertz CT molecular complexity index is 842. The molecule has 0 aromatic heterocycles. The molecule has 0 unspecified atom stereocenters. The van der Waals surface area contributed by atoms with E-state index in [0.717, 1.165) is 6.42 Å². The quantitative estimate of drug-likeness (QED) is 0.637. The number of benzene rings is 1. The number of carbonyl (C=O) groups excluding carboxylic acids is 3. The maximum absolute atomic E-state index is 13.3. The van der Waals surface area contributed by atoms with Crippen molar-refractivity contribution in [3.05, 3.63) is 28.8 Å². The largest absolute Gasteiger partial charge is 0.387 e. The van der Waals surface area contributed by atoms with Crippen molar-refractivity contribution in [2.45, 2.75) is 44.4 Å². The van der Waals surface area contributed by atoms with Crippen molar-refractivity contribution in [2.75, 3.05) is 11.9 Å². The summed E-state index contributed by atoms with van der Waals surface area (Å²) in [6.07, 6.45) is 0.708. The zero-order valence-electron chi connectivity index (χ0n) is 15.2. The van der Waals surface area contributed by atoms with Crippen LogP contribution in [0.3, 0.4) is 0 Å². The summed E-state index contributed by atoms with van der Waals surface area (Å²) in [6, 6.07) is 4.49. The molecule has 3 aliphatic heterocycles. The maximum Gasteiger partial charge on any atom is 0.291 e. The van der Waals surface area contributed by atoms with E-state index < -0.39 is 29.5 Å². The summed E-state index contributed by atoms with van der Waals surface area (Å²) in [7, 11) is 0. The summed E-state index contributed by atoms with van der Waals surface area (Å²) in [6.45, 7) is 3.92. The predicted molar refractivity (Wildman–Crippen MR) is 97.8 cm³/mol. The van der Waals surface area contributed by atoms with E-state index in [1.165, 1.54) is 4.90 Å². The molecule has 3 heterocycles. The van der Waals surface area contributed by atoms with Gasteiger partial charge in [0.15, 0.2) is 0 Å². The lowest BCUT2D eigenvalue weighted by molar-refractivity contribution is -0.738. The van der Waals surface area contributed by atoms with Crippen molar-refractivity contribution in [3.63, 3.8) is 0 Å². The molecule has 1 aromatic carbocycles. The number of rotatable bonds is 4. The van der Waals surface area contributed by atoms with Crippen LogP contribution < -0.4 is 10.6 Å². The van der Waals surface area contributed by atoms with Gasteiger partial charge in [0.1, 0.15) is 24.0 Å². The van der Waals surface area contributed by atoms with Gasteiger partial charge in [0.05, 0.1) is 5.69 Å². The van der Waals surface area contributed by atoms with Crippen LogP contribution >= 0.6 is 11.6 Å². The second kappa shape index (κ2) is 6.29. The molecular weight excluding hydrogens is 370 g/mol. The van der Waals surface area contributed by atoms with Crippen LogP contribution in [-0.2, 0) is 19.9 Å². The number of imide groups is 1. The minimum absolute atomic E-state index is 0.291. The number of hydrogen-bond acceptors (Lipinski definition) is 4. The van der Waals surface area contributed by atoms with E-state index in [1.807, 2.05) is 6.92 Å². The summed E-state index contributed by atoms with van der Waals surface area (Å²) >= 11 is 6.17. The summed E-state index contributed by atoms with van der Waals surface area (Å²) in [4.78, 5) is 40.7. The van der Waals surface area contributed by atoms with Crippen molar-refractivity contribution >= 4 is 35.0 Å². The Kier molecular flexibility index (Phi) is 4.29. The van der Waals surface area contributed by atoms with E-state index in [-0.39, 0.29) is 17.7 Å². The minimum Gasteiger partial charge on any atom is -0.387 e. The first-order valence-electron chi connectivity index (χ1n) is 9.33. The molecule has 0 aliphatic carbocycles. The zero-order valence-corrected chi connectivity index (χ0v) is 16.0. The fourth-order valence-electron chi connectivity index (χ4n) is 4.89. The fourth-order valence-corrected chi connectivity index (χ4v) is 5.07. The van der Waals surface area contributed by atoms with Crippen LogP contribution in [0.15, 0.2) is 18.2 Å². The number of hydrogen-bond donors (Lipinski definition) is 3. The molecule has 7 nitrogen and oxygen atoms in total. The van der Waals surface area contributed by atoms with Gasteiger partial charge in [0.25, 0.3) is 5.91 Å². The molecule has 5 atom stereocenters. The van der Waals surface area contributed by atoms with E-state index in [2.05, 4.69) is 5.32 Å². The Morgan fingerprint density at radius 3 is 2.74 bits per heavy atom. The van der Waals surface area contributed by atoms with Gasteiger partial charge < -0.3 is 15.7 Å². The van der Waals surface area contributed by atoms with Crippen LogP contribution in [0.2, 0.25) is 5.02 Å². The van der Waals surface area contributed by atoms with Gasteiger partial charge in [0.2, 0.25) is 17.4 Å². The van der Waals surface area contributed by atoms with E-state index in [9.17, 15) is 19.5 Å². The third-order valence-electron chi connectivity index (χ3n) is 6.15. The number of nitrogens with one attached hydrogen (secondary N) is 1. The Hall–Kier alpha value is -1.96. The first-order chi connectivity index (χ1) is 12.8. The molecule has 1 spiro atoms. The highest BCUT2D eigenvalue weighted by Gasteiger charge is 2.74. The number of aliphatic hydroxyl groups is 1. The highest BCUT2D eigenvalue weighted by atomic mass is 35.5. The molecule has 0 radical (unpaired) electrons. The number of halogens is 1. The lowest BCUT2D eigenvalue weighted by Gasteiger charge is -2.27. The lowest BCUT2D eigenvalue weighted by Crippen LogP contribution is -3.00. The SMILES string of the molecule is CCCCN1C(=O)[C@@H]2[C@H]([C@@H](C)O)[NH2+][C@]3(C(=O)Nc4ccc(Cl)cc43)[C@@H]2C1=O.